The summed E-state index contributed by atoms with van der Waals surface area (Å²) in [4.78, 5) is 8.40. The molecule has 0 radical (unpaired) electrons. The number of nitrogens with zero attached hydrogens (tertiary/aromatic N) is 2. The Bertz CT molecular complexity index is 286. The number of halogens is 1. The van der Waals surface area contributed by atoms with Gasteiger partial charge in [-0.15, -0.1) is 0 Å². The van der Waals surface area contributed by atoms with Crippen molar-refractivity contribution in [2.75, 3.05) is 12.4 Å². The van der Waals surface area contributed by atoms with Gasteiger partial charge in [0, 0.05) is 7.05 Å². The molecule has 0 aliphatic rings. The van der Waals surface area contributed by atoms with Gasteiger partial charge in [0.05, 0.1) is 9.26 Å². The van der Waals surface area contributed by atoms with E-state index in [0.717, 1.165) is 21.5 Å². The van der Waals surface area contributed by atoms with Gasteiger partial charge in [0.2, 0.25) is 0 Å². The van der Waals surface area contributed by atoms with Crippen LogP contribution < -0.4 is 5.32 Å². The third kappa shape index (κ3) is 2.79. The first-order chi connectivity index (χ1) is 6.15. The fourth-order valence-electron chi connectivity index (χ4n) is 1.11. The molecule has 1 heterocycles. The lowest BCUT2D eigenvalue weighted by Crippen LogP contribution is -2.05. The smallest absolute Gasteiger partial charge is 0.142 e. The van der Waals surface area contributed by atoms with Crippen molar-refractivity contribution in [3.05, 3.63) is 15.6 Å². The standard InChI is InChI=1S/C9H14IN3/c1-6(2)4-7-8(10)9(11-3)13-5-12-7/h5-6H,4H2,1-3H3,(H,11,12,13). The first-order valence-corrected chi connectivity index (χ1v) is 5.40. The van der Waals surface area contributed by atoms with E-state index in [4.69, 9.17) is 0 Å². The second kappa shape index (κ2) is 4.74. The van der Waals surface area contributed by atoms with Crippen molar-refractivity contribution in [3.63, 3.8) is 0 Å². The van der Waals surface area contributed by atoms with Crippen molar-refractivity contribution < 1.29 is 0 Å². The average Bonchev–Trinajstić information content (AvgIpc) is 2.08. The van der Waals surface area contributed by atoms with Gasteiger partial charge in [0.1, 0.15) is 12.1 Å². The third-order valence-corrected chi connectivity index (χ3v) is 2.83. The molecular formula is C9H14IN3. The summed E-state index contributed by atoms with van der Waals surface area (Å²) in [5, 5.41) is 3.05. The minimum atomic E-state index is 0.633. The lowest BCUT2D eigenvalue weighted by atomic mass is 10.1. The molecule has 1 aromatic rings. The van der Waals surface area contributed by atoms with Gasteiger partial charge in [0.25, 0.3) is 0 Å². The van der Waals surface area contributed by atoms with Crippen LogP contribution in [-0.2, 0) is 6.42 Å². The Morgan fingerprint density at radius 1 is 1.46 bits per heavy atom. The predicted molar refractivity (Wildman–Crippen MR) is 62.8 cm³/mol. The summed E-state index contributed by atoms with van der Waals surface area (Å²) in [7, 11) is 1.88. The van der Waals surface area contributed by atoms with E-state index in [0.29, 0.717) is 5.92 Å². The van der Waals surface area contributed by atoms with E-state index < -0.39 is 0 Å². The summed E-state index contributed by atoms with van der Waals surface area (Å²) >= 11 is 2.29. The van der Waals surface area contributed by atoms with Crippen LogP contribution in [0.5, 0.6) is 0 Å². The molecule has 0 amide bonds. The Morgan fingerprint density at radius 3 is 2.69 bits per heavy atom. The van der Waals surface area contributed by atoms with Crippen molar-refractivity contribution in [1.29, 1.82) is 0 Å². The minimum absolute atomic E-state index is 0.633. The van der Waals surface area contributed by atoms with Gasteiger partial charge in [0.15, 0.2) is 0 Å². The zero-order valence-corrected chi connectivity index (χ0v) is 10.3. The van der Waals surface area contributed by atoms with Crippen LogP contribution in [0.1, 0.15) is 19.5 Å². The van der Waals surface area contributed by atoms with Gasteiger partial charge < -0.3 is 5.32 Å². The molecular weight excluding hydrogens is 277 g/mol. The Morgan fingerprint density at radius 2 is 2.15 bits per heavy atom. The molecule has 0 saturated carbocycles. The zero-order chi connectivity index (χ0) is 9.84. The monoisotopic (exact) mass is 291 g/mol. The van der Waals surface area contributed by atoms with Crippen LogP contribution in [0, 0.1) is 9.49 Å². The van der Waals surface area contributed by atoms with Gasteiger partial charge >= 0.3 is 0 Å². The number of hydrogen-bond acceptors (Lipinski definition) is 3. The Hall–Kier alpha value is -0.390. The molecule has 0 aliphatic carbocycles. The first-order valence-electron chi connectivity index (χ1n) is 4.32. The van der Waals surface area contributed by atoms with Crippen molar-refractivity contribution in [3.8, 4) is 0 Å². The third-order valence-electron chi connectivity index (χ3n) is 1.70. The summed E-state index contributed by atoms with van der Waals surface area (Å²) < 4.78 is 1.14. The Balaban J connectivity index is 2.94. The number of nitrogens with one attached hydrogen (secondary N) is 1. The molecule has 0 fully saturated rings. The van der Waals surface area contributed by atoms with E-state index in [1.54, 1.807) is 6.33 Å². The molecule has 0 aromatic carbocycles. The predicted octanol–water partition coefficient (Wildman–Crippen LogP) is 2.32. The highest BCUT2D eigenvalue weighted by Gasteiger charge is 2.08. The lowest BCUT2D eigenvalue weighted by molar-refractivity contribution is 0.632. The molecule has 0 aliphatic heterocycles. The molecule has 1 aromatic heterocycles. The fourth-order valence-corrected chi connectivity index (χ4v) is 1.88. The summed E-state index contributed by atoms with van der Waals surface area (Å²) in [6, 6.07) is 0. The van der Waals surface area contributed by atoms with E-state index in [1.807, 2.05) is 7.05 Å². The molecule has 4 heteroatoms. The highest BCUT2D eigenvalue weighted by Crippen LogP contribution is 2.19. The first kappa shape index (κ1) is 10.7. The van der Waals surface area contributed by atoms with Crippen LogP contribution in [0.15, 0.2) is 6.33 Å². The van der Waals surface area contributed by atoms with Crippen LogP contribution in [0.3, 0.4) is 0 Å². The van der Waals surface area contributed by atoms with Gasteiger partial charge in [-0.1, -0.05) is 13.8 Å². The molecule has 3 nitrogen and oxygen atoms in total. The van der Waals surface area contributed by atoms with Gasteiger partial charge in [-0.2, -0.15) is 0 Å². The van der Waals surface area contributed by atoms with Crippen LogP contribution in [-0.4, -0.2) is 17.0 Å². The molecule has 0 unspecified atom stereocenters. The van der Waals surface area contributed by atoms with Crippen molar-refractivity contribution >= 4 is 28.4 Å². The maximum atomic E-state index is 4.27. The molecule has 72 valence electrons. The number of hydrogen-bond donors (Lipinski definition) is 1. The van der Waals surface area contributed by atoms with E-state index in [1.165, 1.54) is 0 Å². The highest BCUT2D eigenvalue weighted by atomic mass is 127. The van der Waals surface area contributed by atoms with Gasteiger partial charge in [-0.05, 0) is 34.9 Å². The number of rotatable bonds is 3. The summed E-state index contributed by atoms with van der Waals surface area (Å²) in [5.41, 5.74) is 1.13. The Labute approximate surface area is 92.5 Å². The Kier molecular flexibility index (Phi) is 3.90. The highest BCUT2D eigenvalue weighted by molar-refractivity contribution is 14.1. The van der Waals surface area contributed by atoms with Crippen LogP contribution >= 0.6 is 22.6 Å². The van der Waals surface area contributed by atoms with Gasteiger partial charge in [-0.25, -0.2) is 9.97 Å². The quantitative estimate of drug-likeness (QED) is 0.869. The molecule has 0 atom stereocenters. The second-order valence-electron chi connectivity index (χ2n) is 3.33. The van der Waals surface area contributed by atoms with Gasteiger partial charge in [-0.3, -0.25) is 0 Å². The maximum absolute atomic E-state index is 4.27. The topological polar surface area (TPSA) is 37.8 Å². The van der Waals surface area contributed by atoms with Crippen molar-refractivity contribution in [2.45, 2.75) is 20.3 Å². The van der Waals surface area contributed by atoms with Crippen LogP contribution in [0.25, 0.3) is 0 Å². The van der Waals surface area contributed by atoms with Crippen LogP contribution in [0.4, 0.5) is 5.82 Å². The summed E-state index contributed by atoms with van der Waals surface area (Å²) in [5.74, 6) is 1.55. The SMILES string of the molecule is CNc1ncnc(CC(C)C)c1I. The lowest BCUT2D eigenvalue weighted by Gasteiger charge is -2.08. The molecule has 1 N–H and O–H groups in total. The minimum Gasteiger partial charge on any atom is -0.372 e. The van der Waals surface area contributed by atoms with E-state index >= 15 is 0 Å². The zero-order valence-electron chi connectivity index (χ0n) is 8.13. The van der Waals surface area contributed by atoms with Crippen LogP contribution in [0.2, 0.25) is 0 Å². The molecule has 0 spiro atoms. The second-order valence-corrected chi connectivity index (χ2v) is 4.41. The normalized spacial score (nSPS) is 10.5. The number of aromatic nitrogens is 2. The molecule has 0 saturated heterocycles. The largest absolute Gasteiger partial charge is 0.372 e. The van der Waals surface area contributed by atoms with E-state index in [2.05, 4.69) is 51.7 Å². The number of anilines is 1. The van der Waals surface area contributed by atoms with E-state index in [9.17, 15) is 0 Å². The summed E-state index contributed by atoms with van der Waals surface area (Å²) in [6.07, 6.45) is 2.63. The summed E-state index contributed by atoms with van der Waals surface area (Å²) in [6.45, 7) is 4.38. The molecule has 1 rings (SSSR count). The average molecular weight is 291 g/mol. The molecule has 0 bridgehead atoms. The van der Waals surface area contributed by atoms with Crippen molar-refractivity contribution in [1.82, 2.24) is 9.97 Å². The molecule has 13 heavy (non-hydrogen) atoms. The fraction of sp³-hybridized carbons (Fsp3) is 0.556. The van der Waals surface area contributed by atoms with E-state index in [-0.39, 0.29) is 0 Å². The maximum Gasteiger partial charge on any atom is 0.142 e. The van der Waals surface area contributed by atoms with Crippen molar-refractivity contribution in [2.24, 2.45) is 5.92 Å².